The number of hydrogen-bond acceptors (Lipinski definition) is 5. The Morgan fingerprint density at radius 3 is 1.60 bits per heavy atom. The molecule has 0 aliphatic rings. The number of aliphatic carboxylic acids is 1. The molecule has 0 radical (unpaired) electrons. The van der Waals surface area contributed by atoms with E-state index in [0.717, 1.165) is 16.7 Å². The maximum absolute atomic E-state index is 13.2. The fourth-order valence-corrected chi connectivity index (χ4v) is 4.87. The third kappa shape index (κ3) is 8.01. The zero-order chi connectivity index (χ0) is 28.8. The molecule has 0 aliphatic heterocycles. The normalized spacial score (nSPS) is 11.3. The van der Waals surface area contributed by atoms with Gasteiger partial charge in [-0.1, -0.05) is 72.8 Å². The molecule has 1 atom stereocenters. The van der Waals surface area contributed by atoms with E-state index in [0.29, 0.717) is 36.4 Å². The number of nitrogens with zero attached hydrogens (tertiary/aromatic N) is 3. The molecule has 10 heteroatoms. The van der Waals surface area contributed by atoms with Crippen LogP contribution in [0.25, 0.3) is 11.4 Å². The Labute approximate surface area is 261 Å². The van der Waals surface area contributed by atoms with Crippen LogP contribution in [0.3, 0.4) is 0 Å². The van der Waals surface area contributed by atoms with Crippen LogP contribution in [0.4, 0.5) is 0 Å². The number of rotatable bonds is 11. The van der Waals surface area contributed by atoms with Crippen LogP contribution >= 0.6 is 0 Å². The summed E-state index contributed by atoms with van der Waals surface area (Å²) in [5.74, 6) is -0.917. The Bertz CT molecular complexity index is 1640. The molecule has 5 aromatic rings. The molecule has 9 nitrogen and oxygen atoms in total. The molecule has 4 aromatic carbocycles. The molecule has 214 valence electrons. The first-order chi connectivity index (χ1) is 19.9. The Kier molecular flexibility index (Phi) is 11.5. The minimum atomic E-state index is -0.884. The summed E-state index contributed by atoms with van der Waals surface area (Å²) in [6.07, 6.45) is 3.69. The molecule has 0 saturated heterocycles. The van der Waals surface area contributed by atoms with Gasteiger partial charge >= 0.3 is 30.5 Å². The molecule has 0 fully saturated rings. The molecule has 43 heavy (non-hydrogen) atoms. The number of aromatic nitrogens is 2. The molecule has 5 N–H and O–H groups in total. The van der Waals surface area contributed by atoms with Gasteiger partial charge in [0.05, 0.1) is 11.4 Å². The van der Waals surface area contributed by atoms with Gasteiger partial charge in [0.15, 0.2) is 0 Å². The van der Waals surface area contributed by atoms with Crippen LogP contribution in [0.2, 0.25) is 0 Å². The van der Waals surface area contributed by atoms with Crippen molar-refractivity contribution in [3.8, 4) is 11.4 Å². The van der Waals surface area contributed by atoms with Gasteiger partial charge in [0.1, 0.15) is 11.9 Å². The predicted octanol–water partition coefficient (Wildman–Crippen LogP) is 1.44. The summed E-state index contributed by atoms with van der Waals surface area (Å²) in [6, 6.07) is 33.3. The van der Waals surface area contributed by atoms with Crippen molar-refractivity contribution in [1.29, 1.82) is 5.41 Å². The third-order valence-corrected chi connectivity index (χ3v) is 7.06. The first kappa shape index (κ1) is 32.9. The predicted molar refractivity (Wildman–Crippen MR) is 162 cm³/mol. The Morgan fingerprint density at radius 1 is 0.744 bits per heavy atom. The molecule has 5 rings (SSSR count). The second-order valence-electron chi connectivity index (χ2n) is 9.88. The summed E-state index contributed by atoms with van der Waals surface area (Å²) >= 11 is 0. The number of nitrogens with two attached hydrogens (primary N) is 1. The third-order valence-electron chi connectivity index (χ3n) is 7.06. The number of benzene rings is 4. The first-order valence-corrected chi connectivity index (χ1v) is 13.3. The van der Waals surface area contributed by atoms with E-state index in [2.05, 4.69) is 0 Å². The molecule has 1 unspecified atom stereocenters. The quantitative estimate of drug-likeness (QED) is 0.125. The fourth-order valence-electron chi connectivity index (χ4n) is 4.87. The van der Waals surface area contributed by atoms with E-state index >= 15 is 0 Å². The van der Waals surface area contributed by atoms with E-state index in [9.17, 15) is 14.7 Å². The monoisotopic (exact) mass is 569 g/mol. The Morgan fingerprint density at radius 2 is 1.19 bits per heavy atom. The van der Waals surface area contributed by atoms with Crippen molar-refractivity contribution in [2.45, 2.75) is 25.6 Å². The van der Waals surface area contributed by atoms with E-state index in [1.807, 2.05) is 89.8 Å². The number of hydrogen-bond donors (Lipinski definition) is 3. The van der Waals surface area contributed by atoms with E-state index in [-0.39, 0.29) is 35.9 Å². The molecule has 1 heterocycles. The SMILES string of the molecule is N=C(N)c1ccc(-n2ccn(-c3ccc(CC(C(=O)O)N(Cc4ccccc4)Cc4ccccc4)cc3)c2=O)cc1.[Li+].[OH-]. The number of carbonyl (C=O) groups is 1. The van der Waals surface area contributed by atoms with Crippen LogP contribution in [-0.4, -0.2) is 42.5 Å². The van der Waals surface area contributed by atoms with Crippen LogP contribution < -0.4 is 30.3 Å². The number of carboxylic acid groups (broad SMARTS) is 1. The summed E-state index contributed by atoms with van der Waals surface area (Å²) in [7, 11) is 0. The number of imidazole rings is 1. The van der Waals surface area contributed by atoms with Gasteiger partial charge in [-0.05, 0) is 59.5 Å². The van der Waals surface area contributed by atoms with E-state index in [1.165, 1.54) is 9.13 Å². The van der Waals surface area contributed by atoms with Gasteiger partial charge in [0.2, 0.25) is 0 Å². The average molecular weight is 570 g/mol. The van der Waals surface area contributed by atoms with Gasteiger partial charge < -0.3 is 16.3 Å². The number of nitrogens with one attached hydrogen (secondary N) is 1. The molecule has 0 saturated carbocycles. The molecule has 0 amide bonds. The van der Waals surface area contributed by atoms with Crippen molar-refractivity contribution < 1.29 is 34.2 Å². The number of amidine groups is 1. The summed E-state index contributed by atoms with van der Waals surface area (Å²) in [6.45, 7) is 1.00. The van der Waals surface area contributed by atoms with Crippen molar-refractivity contribution >= 4 is 11.8 Å². The van der Waals surface area contributed by atoms with E-state index in [4.69, 9.17) is 11.1 Å². The van der Waals surface area contributed by atoms with Gasteiger partial charge in [0, 0.05) is 31.0 Å². The zero-order valence-electron chi connectivity index (χ0n) is 23.9. The largest absolute Gasteiger partial charge is 1.00 e. The van der Waals surface area contributed by atoms with E-state index < -0.39 is 12.0 Å². The van der Waals surface area contributed by atoms with Crippen molar-refractivity contribution in [1.82, 2.24) is 14.0 Å². The number of carboxylic acids is 1. The van der Waals surface area contributed by atoms with Crippen LogP contribution in [0.5, 0.6) is 0 Å². The standard InChI is InChI=1S/C33H31N5O3.Li.H2O/c34-31(35)27-13-17-29(18-14-27)38-20-19-37(33(38)41)28-15-11-24(12-16-28)21-30(32(39)40)36(22-25-7-3-1-4-8-25)23-26-9-5-2-6-10-26;;/h1-20,30H,21-23H2,(H3,34,35)(H,39,40);;1H2/q;+1;/p-1. The molecule has 0 bridgehead atoms. The minimum absolute atomic E-state index is 0. The van der Waals surface area contributed by atoms with Crippen LogP contribution in [0.1, 0.15) is 22.3 Å². The summed E-state index contributed by atoms with van der Waals surface area (Å²) < 4.78 is 3.05. The maximum atomic E-state index is 13.2. The van der Waals surface area contributed by atoms with E-state index in [1.54, 1.807) is 36.7 Å². The molecular weight excluding hydrogens is 537 g/mol. The Hall–Kier alpha value is -4.65. The zero-order valence-corrected chi connectivity index (χ0v) is 23.9. The Balaban J connectivity index is 0.00000253. The first-order valence-electron chi connectivity index (χ1n) is 13.3. The average Bonchev–Trinajstić information content (AvgIpc) is 3.38. The van der Waals surface area contributed by atoms with Gasteiger partial charge in [-0.3, -0.25) is 24.2 Å². The van der Waals surface area contributed by atoms with Gasteiger partial charge in [-0.25, -0.2) is 4.79 Å². The van der Waals surface area contributed by atoms with Gasteiger partial charge in [-0.2, -0.15) is 0 Å². The molecular formula is C33H32LiN5O4. The van der Waals surface area contributed by atoms with Crippen molar-refractivity contribution in [2.24, 2.45) is 5.73 Å². The van der Waals surface area contributed by atoms with Gasteiger partial charge in [0.25, 0.3) is 0 Å². The molecule has 0 spiro atoms. The smallest absolute Gasteiger partial charge is 0.870 e. The van der Waals surface area contributed by atoms with Crippen LogP contribution in [0.15, 0.2) is 126 Å². The molecule has 1 aromatic heterocycles. The van der Waals surface area contributed by atoms with Crippen molar-refractivity contribution in [3.05, 3.63) is 154 Å². The summed E-state index contributed by atoms with van der Waals surface area (Å²) in [5, 5.41) is 17.8. The van der Waals surface area contributed by atoms with Crippen LogP contribution in [0, 0.1) is 5.41 Å². The minimum Gasteiger partial charge on any atom is -0.870 e. The van der Waals surface area contributed by atoms with Gasteiger partial charge in [-0.15, -0.1) is 0 Å². The summed E-state index contributed by atoms with van der Waals surface area (Å²) in [4.78, 5) is 27.7. The summed E-state index contributed by atoms with van der Waals surface area (Å²) in [5.41, 5.74) is 10.2. The van der Waals surface area contributed by atoms with Crippen LogP contribution in [-0.2, 0) is 24.3 Å². The van der Waals surface area contributed by atoms with Crippen molar-refractivity contribution in [2.75, 3.05) is 0 Å². The molecule has 0 aliphatic carbocycles. The second-order valence-corrected chi connectivity index (χ2v) is 9.88. The topological polar surface area (TPSA) is 147 Å². The maximum Gasteiger partial charge on any atom is 1.00 e. The van der Waals surface area contributed by atoms with Crippen molar-refractivity contribution in [3.63, 3.8) is 0 Å². The number of nitrogen functional groups attached to an aromatic ring is 1. The fraction of sp³-hybridized carbons (Fsp3) is 0.121. The second kappa shape index (κ2) is 15.0.